The van der Waals surface area contributed by atoms with Crippen LogP contribution in [0.3, 0.4) is 0 Å². The van der Waals surface area contributed by atoms with E-state index in [2.05, 4.69) is 0 Å². The normalized spacial score (nSPS) is 16.9. The average Bonchev–Trinajstić information content (AvgIpc) is 2.52. The average molecular weight is 218 g/mol. The summed E-state index contributed by atoms with van der Waals surface area (Å²) in [4.78, 5) is 27.2. The molecule has 1 aromatic carbocycles. The number of fused-ring (bicyclic) bond motifs is 1. The predicted molar refractivity (Wildman–Crippen MR) is 60.1 cm³/mol. The van der Waals surface area contributed by atoms with Crippen LogP contribution >= 0.6 is 0 Å². The van der Waals surface area contributed by atoms with Gasteiger partial charge in [-0.1, -0.05) is 12.1 Å². The molecule has 0 saturated carbocycles. The predicted octanol–water partition coefficient (Wildman–Crippen LogP) is 1.19. The monoisotopic (exact) mass is 218 g/mol. The summed E-state index contributed by atoms with van der Waals surface area (Å²) >= 11 is 0. The topological polar surface area (TPSA) is 40.6 Å². The fourth-order valence-corrected chi connectivity index (χ4v) is 1.78. The summed E-state index contributed by atoms with van der Waals surface area (Å²) in [6, 6.07) is 6.93. The number of imide groups is 1. The smallest absolute Gasteiger partial charge is 0.262 e. The SMILES string of the molecule is CC(N(C)C)N1C(=O)c2ccccc2C1=O. The molecule has 1 unspecified atom stereocenters. The van der Waals surface area contributed by atoms with E-state index in [0.29, 0.717) is 11.1 Å². The molecule has 0 aliphatic carbocycles. The maximum Gasteiger partial charge on any atom is 0.262 e. The van der Waals surface area contributed by atoms with Gasteiger partial charge < -0.3 is 0 Å². The number of amides is 2. The van der Waals surface area contributed by atoms with Gasteiger partial charge in [0, 0.05) is 0 Å². The van der Waals surface area contributed by atoms with Crippen LogP contribution in [0, 0.1) is 0 Å². The van der Waals surface area contributed by atoms with Crippen molar-refractivity contribution in [1.29, 1.82) is 0 Å². The van der Waals surface area contributed by atoms with E-state index in [1.165, 1.54) is 4.90 Å². The molecule has 0 bridgehead atoms. The summed E-state index contributed by atoms with van der Waals surface area (Å²) in [5.74, 6) is -0.413. The van der Waals surface area contributed by atoms with Crippen molar-refractivity contribution < 1.29 is 9.59 Å². The lowest BCUT2D eigenvalue weighted by molar-refractivity contribution is 0.0447. The largest absolute Gasteiger partial charge is 0.289 e. The lowest BCUT2D eigenvalue weighted by Crippen LogP contribution is -2.46. The molecular formula is C12H14N2O2. The van der Waals surface area contributed by atoms with Gasteiger partial charge in [0.05, 0.1) is 17.3 Å². The van der Waals surface area contributed by atoms with Crippen molar-refractivity contribution in [3.8, 4) is 0 Å². The highest BCUT2D eigenvalue weighted by molar-refractivity contribution is 6.21. The Hall–Kier alpha value is -1.68. The third-order valence-corrected chi connectivity index (χ3v) is 2.95. The maximum atomic E-state index is 12.0. The highest BCUT2D eigenvalue weighted by atomic mass is 16.2. The highest BCUT2D eigenvalue weighted by Crippen LogP contribution is 2.24. The van der Waals surface area contributed by atoms with Crippen molar-refractivity contribution >= 4 is 11.8 Å². The Morgan fingerprint density at radius 3 is 1.88 bits per heavy atom. The molecule has 0 N–H and O–H groups in total. The number of hydrogen-bond acceptors (Lipinski definition) is 3. The quantitative estimate of drug-likeness (QED) is 0.700. The minimum absolute atomic E-state index is 0.207. The third kappa shape index (κ3) is 1.42. The zero-order valence-electron chi connectivity index (χ0n) is 9.60. The molecule has 0 fully saturated rings. The van der Waals surface area contributed by atoms with Crippen LogP contribution in [0.25, 0.3) is 0 Å². The number of benzene rings is 1. The molecule has 1 aromatic rings. The van der Waals surface area contributed by atoms with E-state index >= 15 is 0 Å². The van der Waals surface area contributed by atoms with Crippen molar-refractivity contribution in [3.05, 3.63) is 35.4 Å². The molecule has 0 saturated heterocycles. The van der Waals surface area contributed by atoms with E-state index in [1.807, 2.05) is 25.9 Å². The molecule has 0 aromatic heterocycles. The summed E-state index contributed by atoms with van der Waals surface area (Å²) in [7, 11) is 3.68. The van der Waals surface area contributed by atoms with E-state index in [-0.39, 0.29) is 18.0 Å². The second-order valence-corrected chi connectivity index (χ2v) is 4.12. The van der Waals surface area contributed by atoms with Crippen LogP contribution in [-0.2, 0) is 0 Å². The molecule has 16 heavy (non-hydrogen) atoms. The van der Waals surface area contributed by atoms with E-state index in [4.69, 9.17) is 0 Å². The van der Waals surface area contributed by atoms with E-state index in [0.717, 1.165) is 0 Å². The molecule has 4 heteroatoms. The second kappa shape index (κ2) is 3.72. The van der Waals surface area contributed by atoms with Crippen LogP contribution in [0.2, 0.25) is 0 Å². The van der Waals surface area contributed by atoms with E-state index in [9.17, 15) is 9.59 Å². The molecule has 4 nitrogen and oxygen atoms in total. The molecule has 1 aliphatic rings. The van der Waals surface area contributed by atoms with Crippen LogP contribution < -0.4 is 0 Å². The van der Waals surface area contributed by atoms with E-state index < -0.39 is 0 Å². The van der Waals surface area contributed by atoms with Gasteiger partial charge in [-0.15, -0.1) is 0 Å². The van der Waals surface area contributed by atoms with Crippen LogP contribution in [0.15, 0.2) is 24.3 Å². The van der Waals surface area contributed by atoms with Gasteiger partial charge in [0.15, 0.2) is 0 Å². The minimum atomic E-state index is -0.229. The van der Waals surface area contributed by atoms with Crippen molar-refractivity contribution in [1.82, 2.24) is 9.80 Å². The third-order valence-electron chi connectivity index (χ3n) is 2.95. The zero-order chi connectivity index (χ0) is 11.9. The van der Waals surface area contributed by atoms with Gasteiger partial charge in [0.2, 0.25) is 0 Å². The van der Waals surface area contributed by atoms with Crippen LogP contribution in [0.4, 0.5) is 0 Å². The van der Waals surface area contributed by atoms with Gasteiger partial charge in [-0.25, -0.2) is 0 Å². The van der Waals surface area contributed by atoms with Gasteiger partial charge in [-0.2, -0.15) is 0 Å². The van der Waals surface area contributed by atoms with Gasteiger partial charge >= 0.3 is 0 Å². The lowest BCUT2D eigenvalue weighted by atomic mass is 10.1. The molecule has 84 valence electrons. The van der Waals surface area contributed by atoms with Gasteiger partial charge in [0.1, 0.15) is 0 Å². The first-order valence-electron chi connectivity index (χ1n) is 5.17. The van der Waals surface area contributed by atoms with E-state index in [1.54, 1.807) is 24.3 Å². The first kappa shape index (κ1) is 10.8. The fraction of sp³-hybridized carbons (Fsp3) is 0.333. The van der Waals surface area contributed by atoms with Crippen LogP contribution in [-0.4, -0.2) is 41.9 Å². The second-order valence-electron chi connectivity index (χ2n) is 4.12. The number of carbonyl (C=O) groups excluding carboxylic acids is 2. The van der Waals surface area contributed by atoms with Crippen molar-refractivity contribution in [2.24, 2.45) is 0 Å². The summed E-state index contributed by atoms with van der Waals surface area (Å²) in [5.41, 5.74) is 1.00. The molecular weight excluding hydrogens is 204 g/mol. The molecule has 1 atom stereocenters. The molecule has 0 spiro atoms. The number of carbonyl (C=O) groups is 2. The summed E-state index contributed by atoms with van der Waals surface area (Å²) < 4.78 is 0. The van der Waals surface area contributed by atoms with Crippen LogP contribution in [0.5, 0.6) is 0 Å². The van der Waals surface area contributed by atoms with Crippen LogP contribution in [0.1, 0.15) is 27.6 Å². The zero-order valence-corrected chi connectivity index (χ0v) is 9.60. The summed E-state index contributed by atoms with van der Waals surface area (Å²) in [6.45, 7) is 1.84. The Labute approximate surface area is 94.5 Å². The van der Waals surface area contributed by atoms with Gasteiger partial charge in [-0.3, -0.25) is 19.4 Å². The summed E-state index contributed by atoms with van der Waals surface area (Å²) in [5, 5.41) is 0. The molecule has 2 amide bonds. The van der Waals surface area contributed by atoms with Gasteiger partial charge in [0.25, 0.3) is 11.8 Å². The van der Waals surface area contributed by atoms with Crippen molar-refractivity contribution in [3.63, 3.8) is 0 Å². The number of nitrogens with zero attached hydrogens (tertiary/aromatic N) is 2. The summed E-state index contributed by atoms with van der Waals surface area (Å²) in [6.07, 6.45) is -0.229. The molecule has 0 radical (unpaired) electrons. The number of hydrogen-bond donors (Lipinski definition) is 0. The Bertz CT molecular complexity index is 419. The molecule has 2 rings (SSSR count). The van der Waals surface area contributed by atoms with Gasteiger partial charge in [-0.05, 0) is 33.2 Å². The number of rotatable bonds is 2. The molecule has 1 aliphatic heterocycles. The Kier molecular flexibility index (Phi) is 2.52. The lowest BCUT2D eigenvalue weighted by Gasteiger charge is -2.28. The Morgan fingerprint density at radius 2 is 1.50 bits per heavy atom. The maximum absolute atomic E-state index is 12.0. The Balaban J connectivity index is 2.43. The first-order chi connectivity index (χ1) is 7.54. The standard InChI is InChI=1S/C12H14N2O2/c1-8(13(2)3)14-11(15)9-6-4-5-7-10(9)12(14)16/h4-8H,1-3H3. The minimum Gasteiger partial charge on any atom is -0.289 e. The highest BCUT2D eigenvalue weighted by Gasteiger charge is 2.38. The molecule has 1 heterocycles. The first-order valence-corrected chi connectivity index (χ1v) is 5.17. The Morgan fingerprint density at radius 1 is 1.06 bits per heavy atom. The fourth-order valence-electron chi connectivity index (χ4n) is 1.78. The van der Waals surface area contributed by atoms with Crippen molar-refractivity contribution in [2.75, 3.05) is 14.1 Å². The van der Waals surface area contributed by atoms with Crippen molar-refractivity contribution in [2.45, 2.75) is 13.1 Å².